The lowest BCUT2D eigenvalue weighted by Gasteiger charge is -2.22. The van der Waals surface area contributed by atoms with Gasteiger partial charge >= 0.3 is 0 Å². The van der Waals surface area contributed by atoms with E-state index in [1.165, 1.54) is 12.1 Å². The van der Waals surface area contributed by atoms with Gasteiger partial charge in [0.05, 0.1) is 22.2 Å². The van der Waals surface area contributed by atoms with Crippen LogP contribution in [0.25, 0.3) is 0 Å². The number of hydrogen-bond donors (Lipinski definition) is 0. The molecule has 0 unspecified atom stereocenters. The van der Waals surface area contributed by atoms with E-state index in [0.717, 1.165) is 11.3 Å². The molecule has 17 heavy (non-hydrogen) atoms. The highest BCUT2D eigenvalue weighted by Gasteiger charge is 2.15. The largest absolute Gasteiger partial charge is 0.383 e. The summed E-state index contributed by atoms with van der Waals surface area (Å²) >= 11 is 6.07. The number of nitro groups is 1. The molecule has 0 aromatic heterocycles. The summed E-state index contributed by atoms with van der Waals surface area (Å²) in [6, 6.07) is 2.89. The standard InChI is InChI=1S/C11H15ClN2O3/c1-8-6-9(14(15)16)7-10(12)11(8)13(2)4-5-17-3/h6-7H,4-5H2,1-3H3. The Hall–Kier alpha value is -1.33. The normalized spacial score (nSPS) is 10.4. The van der Waals surface area contributed by atoms with Gasteiger partial charge in [-0.2, -0.15) is 0 Å². The predicted octanol–water partition coefficient (Wildman–Crippen LogP) is 2.64. The Labute approximate surface area is 105 Å². The van der Waals surface area contributed by atoms with E-state index >= 15 is 0 Å². The van der Waals surface area contributed by atoms with E-state index in [4.69, 9.17) is 16.3 Å². The van der Waals surface area contributed by atoms with E-state index in [2.05, 4.69) is 0 Å². The van der Waals surface area contributed by atoms with Crippen molar-refractivity contribution >= 4 is 23.0 Å². The number of hydrogen-bond acceptors (Lipinski definition) is 4. The molecule has 1 aromatic rings. The molecule has 0 radical (unpaired) electrons. The predicted molar refractivity (Wildman–Crippen MR) is 68.0 cm³/mol. The number of methoxy groups -OCH3 is 1. The van der Waals surface area contributed by atoms with Gasteiger partial charge in [-0.3, -0.25) is 10.1 Å². The van der Waals surface area contributed by atoms with Gasteiger partial charge in [0.2, 0.25) is 0 Å². The van der Waals surface area contributed by atoms with Crippen molar-refractivity contribution < 1.29 is 9.66 Å². The third-order valence-corrected chi connectivity index (χ3v) is 2.75. The van der Waals surface area contributed by atoms with Crippen LogP contribution in [0.5, 0.6) is 0 Å². The van der Waals surface area contributed by atoms with Gasteiger partial charge in [0, 0.05) is 32.8 Å². The first-order chi connectivity index (χ1) is 7.97. The van der Waals surface area contributed by atoms with E-state index in [-0.39, 0.29) is 5.69 Å². The van der Waals surface area contributed by atoms with Crippen molar-refractivity contribution in [2.24, 2.45) is 0 Å². The molecule has 0 aliphatic rings. The maximum absolute atomic E-state index is 10.7. The number of ether oxygens (including phenoxy) is 1. The van der Waals surface area contributed by atoms with Gasteiger partial charge in [-0.05, 0) is 12.5 Å². The molecule has 0 aliphatic carbocycles. The van der Waals surface area contributed by atoms with Crippen LogP contribution >= 0.6 is 11.6 Å². The third-order valence-electron chi connectivity index (χ3n) is 2.46. The fourth-order valence-electron chi connectivity index (χ4n) is 1.65. The number of nitro benzene ring substituents is 1. The topological polar surface area (TPSA) is 55.6 Å². The number of rotatable bonds is 5. The van der Waals surface area contributed by atoms with Gasteiger partial charge in [-0.15, -0.1) is 0 Å². The van der Waals surface area contributed by atoms with Crippen LogP contribution in [0.4, 0.5) is 11.4 Å². The Morgan fingerprint density at radius 3 is 2.65 bits per heavy atom. The summed E-state index contributed by atoms with van der Waals surface area (Å²) in [6.45, 7) is 3.05. The number of likely N-dealkylation sites (N-methyl/N-ethyl adjacent to an activating group) is 1. The lowest BCUT2D eigenvalue weighted by Crippen LogP contribution is -2.23. The second kappa shape index (κ2) is 5.84. The number of non-ortho nitro benzene ring substituents is 1. The molecular formula is C11H15ClN2O3. The first-order valence-electron chi connectivity index (χ1n) is 5.12. The summed E-state index contributed by atoms with van der Waals surface area (Å²) in [5.41, 5.74) is 1.59. The Morgan fingerprint density at radius 2 is 2.18 bits per heavy atom. The first kappa shape index (κ1) is 13.7. The zero-order chi connectivity index (χ0) is 13.0. The van der Waals surface area contributed by atoms with Crippen molar-refractivity contribution in [2.45, 2.75) is 6.92 Å². The SMILES string of the molecule is COCCN(C)c1c(C)cc([N+](=O)[O-])cc1Cl. The minimum atomic E-state index is -0.447. The van der Waals surface area contributed by atoms with E-state index in [9.17, 15) is 10.1 Å². The molecule has 1 aromatic carbocycles. The highest BCUT2D eigenvalue weighted by atomic mass is 35.5. The van der Waals surface area contributed by atoms with Crippen LogP contribution in [-0.4, -0.2) is 32.2 Å². The lowest BCUT2D eigenvalue weighted by molar-refractivity contribution is -0.384. The lowest BCUT2D eigenvalue weighted by atomic mass is 10.1. The molecule has 5 nitrogen and oxygen atoms in total. The number of aryl methyl sites for hydroxylation is 1. The van der Waals surface area contributed by atoms with Crippen LogP contribution in [-0.2, 0) is 4.74 Å². The van der Waals surface area contributed by atoms with E-state index in [0.29, 0.717) is 18.2 Å². The smallest absolute Gasteiger partial charge is 0.271 e. The van der Waals surface area contributed by atoms with Crippen LogP contribution in [0, 0.1) is 17.0 Å². The summed E-state index contributed by atoms with van der Waals surface area (Å²) < 4.78 is 4.98. The van der Waals surface area contributed by atoms with Crippen LogP contribution in [0.3, 0.4) is 0 Å². The molecule has 0 aliphatic heterocycles. The van der Waals surface area contributed by atoms with Crippen LogP contribution in [0.15, 0.2) is 12.1 Å². The maximum Gasteiger partial charge on any atom is 0.271 e. The second-order valence-electron chi connectivity index (χ2n) is 3.76. The van der Waals surface area contributed by atoms with Crippen molar-refractivity contribution in [1.29, 1.82) is 0 Å². The van der Waals surface area contributed by atoms with Crippen molar-refractivity contribution in [3.05, 3.63) is 32.8 Å². The quantitative estimate of drug-likeness (QED) is 0.602. The summed E-state index contributed by atoms with van der Waals surface area (Å²) in [5, 5.41) is 11.1. The van der Waals surface area contributed by atoms with Crippen LogP contribution in [0.1, 0.15) is 5.56 Å². The summed E-state index contributed by atoms with van der Waals surface area (Å²) in [4.78, 5) is 12.1. The van der Waals surface area contributed by atoms with Gasteiger partial charge in [-0.1, -0.05) is 11.6 Å². The molecule has 0 heterocycles. The van der Waals surface area contributed by atoms with E-state index in [1.54, 1.807) is 14.0 Å². The number of nitrogens with zero attached hydrogens (tertiary/aromatic N) is 2. The summed E-state index contributed by atoms with van der Waals surface area (Å²) in [6.07, 6.45) is 0. The molecule has 0 saturated carbocycles. The molecule has 0 N–H and O–H groups in total. The van der Waals surface area contributed by atoms with Gasteiger partial charge < -0.3 is 9.64 Å². The summed E-state index contributed by atoms with van der Waals surface area (Å²) in [7, 11) is 3.50. The zero-order valence-electron chi connectivity index (χ0n) is 10.1. The first-order valence-corrected chi connectivity index (χ1v) is 5.49. The average Bonchev–Trinajstić information content (AvgIpc) is 2.25. The molecule has 1 rings (SSSR count). The van der Waals surface area contributed by atoms with Gasteiger partial charge in [0.25, 0.3) is 5.69 Å². The fourth-order valence-corrected chi connectivity index (χ4v) is 2.05. The molecule has 0 amide bonds. The van der Waals surface area contributed by atoms with Crippen LogP contribution in [0.2, 0.25) is 5.02 Å². The summed E-state index contributed by atoms with van der Waals surface area (Å²) in [5.74, 6) is 0. The number of halogens is 1. The second-order valence-corrected chi connectivity index (χ2v) is 4.17. The zero-order valence-corrected chi connectivity index (χ0v) is 10.8. The maximum atomic E-state index is 10.7. The van der Waals surface area contributed by atoms with Crippen molar-refractivity contribution in [3.8, 4) is 0 Å². The Morgan fingerprint density at radius 1 is 1.53 bits per heavy atom. The molecule has 0 atom stereocenters. The molecule has 94 valence electrons. The molecule has 0 fully saturated rings. The minimum absolute atomic E-state index is 0.0105. The Kier molecular flexibility index (Phi) is 4.72. The monoisotopic (exact) mass is 258 g/mol. The van der Waals surface area contributed by atoms with Crippen molar-refractivity contribution in [2.75, 3.05) is 32.2 Å². The number of benzene rings is 1. The molecule has 0 saturated heterocycles. The van der Waals surface area contributed by atoms with Crippen LogP contribution < -0.4 is 4.90 Å². The minimum Gasteiger partial charge on any atom is -0.383 e. The average molecular weight is 259 g/mol. The molecule has 0 spiro atoms. The molecule has 0 bridgehead atoms. The van der Waals surface area contributed by atoms with E-state index in [1.807, 2.05) is 11.9 Å². The molecular weight excluding hydrogens is 244 g/mol. The highest BCUT2D eigenvalue weighted by molar-refractivity contribution is 6.33. The third kappa shape index (κ3) is 3.31. The van der Waals surface area contributed by atoms with E-state index < -0.39 is 4.92 Å². The Balaban J connectivity index is 3.04. The van der Waals surface area contributed by atoms with Crippen molar-refractivity contribution in [1.82, 2.24) is 0 Å². The van der Waals surface area contributed by atoms with Gasteiger partial charge in [0.15, 0.2) is 0 Å². The fraction of sp³-hybridized carbons (Fsp3) is 0.455. The van der Waals surface area contributed by atoms with Crippen molar-refractivity contribution in [3.63, 3.8) is 0 Å². The van der Waals surface area contributed by atoms with Gasteiger partial charge in [0.1, 0.15) is 0 Å². The number of anilines is 1. The highest BCUT2D eigenvalue weighted by Crippen LogP contribution is 2.32. The molecule has 6 heteroatoms. The Bertz CT molecular complexity index is 400. The van der Waals surface area contributed by atoms with Gasteiger partial charge in [-0.25, -0.2) is 0 Å².